The Morgan fingerprint density at radius 2 is 1.53 bits per heavy atom. The Morgan fingerprint density at radius 1 is 0.933 bits per heavy atom. The molecule has 0 fully saturated rings. The lowest BCUT2D eigenvalue weighted by molar-refractivity contribution is -0.137. The molecule has 1 aromatic heterocycles. The van der Waals surface area contributed by atoms with Crippen LogP contribution in [0.3, 0.4) is 0 Å². The maximum atomic E-state index is 12.7. The number of hydrogen-bond acceptors (Lipinski definition) is 4. The summed E-state index contributed by atoms with van der Waals surface area (Å²) >= 11 is 1.34. The lowest BCUT2D eigenvalue weighted by Crippen LogP contribution is -2.05. The van der Waals surface area contributed by atoms with E-state index in [9.17, 15) is 18.0 Å². The zero-order valence-electron chi connectivity index (χ0n) is 16.5. The van der Waals surface area contributed by atoms with Crippen molar-refractivity contribution in [3.63, 3.8) is 0 Å². The van der Waals surface area contributed by atoms with Crippen LogP contribution in [0.4, 0.5) is 13.2 Å². The third-order valence-electron chi connectivity index (χ3n) is 4.47. The Bertz CT molecular complexity index is 976. The van der Waals surface area contributed by atoms with E-state index >= 15 is 0 Å². The van der Waals surface area contributed by atoms with E-state index in [0.29, 0.717) is 29.2 Å². The van der Waals surface area contributed by atoms with Crippen LogP contribution in [-0.4, -0.2) is 12.6 Å². The fourth-order valence-electron chi connectivity index (χ4n) is 2.92. The lowest BCUT2D eigenvalue weighted by atomic mass is 10.0. The second-order valence-corrected chi connectivity index (χ2v) is 7.65. The van der Waals surface area contributed by atoms with E-state index in [1.54, 1.807) is 25.1 Å². The number of esters is 1. The number of hydrogen-bond donors (Lipinski definition) is 0. The van der Waals surface area contributed by atoms with Crippen LogP contribution in [0.5, 0.6) is 5.75 Å². The molecule has 3 nitrogen and oxygen atoms in total. The first-order valence-corrected chi connectivity index (χ1v) is 10.3. The van der Waals surface area contributed by atoms with Gasteiger partial charge in [0.05, 0.1) is 12.2 Å². The van der Waals surface area contributed by atoms with E-state index in [2.05, 4.69) is 0 Å². The van der Waals surface area contributed by atoms with Gasteiger partial charge in [-0.15, -0.1) is 11.3 Å². The maximum absolute atomic E-state index is 12.7. The molecule has 1 unspecified atom stereocenters. The van der Waals surface area contributed by atoms with Gasteiger partial charge in [-0.05, 0) is 60.9 Å². The van der Waals surface area contributed by atoms with Gasteiger partial charge < -0.3 is 9.47 Å². The van der Waals surface area contributed by atoms with E-state index in [1.165, 1.54) is 23.5 Å². The fraction of sp³-hybridized carbons (Fsp3) is 0.261. The molecule has 30 heavy (non-hydrogen) atoms. The predicted molar refractivity (Wildman–Crippen MR) is 111 cm³/mol. The van der Waals surface area contributed by atoms with Crippen LogP contribution in [0.2, 0.25) is 0 Å². The highest BCUT2D eigenvalue weighted by molar-refractivity contribution is 7.14. The van der Waals surface area contributed by atoms with Crippen LogP contribution in [0, 0.1) is 0 Å². The lowest BCUT2D eigenvalue weighted by Gasteiger charge is -2.16. The highest BCUT2D eigenvalue weighted by Gasteiger charge is 2.30. The Labute approximate surface area is 177 Å². The zero-order chi connectivity index (χ0) is 21.7. The molecule has 0 saturated carbocycles. The monoisotopic (exact) mass is 434 g/mol. The summed E-state index contributed by atoms with van der Waals surface area (Å²) < 4.78 is 49.2. The van der Waals surface area contributed by atoms with E-state index in [1.807, 2.05) is 25.1 Å². The van der Waals surface area contributed by atoms with Crippen molar-refractivity contribution in [1.29, 1.82) is 0 Å². The van der Waals surface area contributed by atoms with Gasteiger partial charge in [-0.3, -0.25) is 0 Å². The maximum Gasteiger partial charge on any atom is 0.416 e. The van der Waals surface area contributed by atoms with E-state index in [-0.39, 0.29) is 12.1 Å². The quantitative estimate of drug-likeness (QED) is 0.371. The molecule has 1 atom stereocenters. The van der Waals surface area contributed by atoms with Crippen molar-refractivity contribution in [3.8, 4) is 16.9 Å². The van der Waals surface area contributed by atoms with Gasteiger partial charge in [0.25, 0.3) is 0 Å². The number of carbonyl (C=O) groups excluding carboxylic acids is 1. The molecule has 2 aromatic carbocycles. The molecule has 3 aromatic rings. The first kappa shape index (κ1) is 21.9. The Hall–Kier alpha value is -2.80. The smallest absolute Gasteiger partial charge is 0.416 e. The van der Waals surface area contributed by atoms with Crippen LogP contribution >= 0.6 is 11.3 Å². The molecule has 7 heteroatoms. The van der Waals surface area contributed by atoms with Crippen molar-refractivity contribution in [3.05, 3.63) is 76.0 Å². The standard InChI is InChI=1S/C23H21F3O3S/c1-3-19(20-13-14-21(30-20)22(27)28-4-2)29-18-11-7-16(8-12-18)15-5-9-17(10-6-15)23(24,25)26/h5-14,19H,3-4H2,1-2H3. The van der Waals surface area contributed by atoms with Crippen molar-refractivity contribution in [2.45, 2.75) is 32.5 Å². The first-order chi connectivity index (χ1) is 14.3. The van der Waals surface area contributed by atoms with Crippen LogP contribution < -0.4 is 4.74 Å². The SMILES string of the molecule is CCOC(=O)c1ccc(C(CC)Oc2ccc(-c3ccc(C(F)(F)F)cc3)cc2)s1. The molecule has 0 radical (unpaired) electrons. The Balaban J connectivity index is 1.70. The number of thiophene rings is 1. The first-order valence-electron chi connectivity index (χ1n) is 9.53. The van der Waals surface area contributed by atoms with E-state index in [0.717, 1.165) is 22.6 Å². The molecule has 0 N–H and O–H groups in total. The summed E-state index contributed by atoms with van der Waals surface area (Å²) in [7, 11) is 0. The summed E-state index contributed by atoms with van der Waals surface area (Å²) in [5, 5.41) is 0. The molecule has 0 aliphatic heterocycles. The number of benzene rings is 2. The molecular weight excluding hydrogens is 413 g/mol. The molecule has 158 valence electrons. The molecule has 0 spiro atoms. The van der Waals surface area contributed by atoms with Crippen LogP contribution in [0.15, 0.2) is 60.7 Å². The summed E-state index contributed by atoms with van der Waals surface area (Å²) in [5.41, 5.74) is 0.818. The predicted octanol–water partition coefficient (Wildman–Crippen LogP) is 7.14. The zero-order valence-corrected chi connectivity index (χ0v) is 17.3. The number of ether oxygens (including phenoxy) is 2. The summed E-state index contributed by atoms with van der Waals surface area (Å²) in [4.78, 5) is 13.3. The number of rotatable bonds is 7. The third-order valence-corrected chi connectivity index (χ3v) is 5.63. The minimum atomic E-state index is -4.35. The normalized spacial score (nSPS) is 12.4. The number of carbonyl (C=O) groups is 1. The summed E-state index contributed by atoms with van der Waals surface area (Å²) in [6.45, 7) is 4.08. The fourth-order valence-corrected chi connectivity index (χ4v) is 3.94. The molecule has 0 amide bonds. The summed E-state index contributed by atoms with van der Waals surface area (Å²) in [6.07, 6.45) is -3.85. The highest BCUT2D eigenvalue weighted by atomic mass is 32.1. The van der Waals surface area contributed by atoms with Gasteiger partial charge in [-0.2, -0.15) is 13.2 Å². The van der Waals surface area contributed by atoms with Crippen LogP contribution in [0.25, 0.3) is 11.1 Å². The second-order valence-electron chi connectivity index (χ2n) is 6.54. The molecule has 3 rings (SSSR count). The molecule has 0 aliphatic carbocycles. The van der Waals surface area contributed by atoms with Crippen molar-refractivity contribution in [1.82, 2.24) is 0 Å². The van der Waals surface area contributed by atoms with Gasteiger partial charge in [0.1, 0.15) is 16.7 Å². The second kappa shape index (κ2) is 9.34. The summed E-state index contributed by atoms with van der Waals surface area (Å²) in [6, 6.07) is 15.8. The van der Waals surface area contributed by atoms with Crippen molar-refractivity contribution in [2.24, 2.45) is 0 Å². The minimum absolute atomic E-state index is 0.213. The number of alkyl halides is 3. The van der Waals surface area contributed by atoms with Gasteiger partial charge in [0.15, 0.2) is 0 Å². The van der Waals surface area contributed by atoms with Crippen LogP contribution in [-0.2, 0) is 10.9 Å². The topological polar surface area (TPSA) is 35.5 Å². The van der Waals surface area contributed by atoms with Gasteiger partial charge in [-0.1, -0.05) is 31.2 Å². The number of halogens is 3. The third kappa shape index (κ3) is 5.21. The molecular formula is C23H21F3O3S. The molecule has 1 heterocycles. The molecule has 0 bridgehead atoms. The highest BCUT2D eigenvalue weighted by Crippen LogP contribution is 2.33. The Morgan fingerprint density at radius 3 is 2.07 bits per heavy atom. The average Bonchev–Trinajstić information content (AvgIpc) is 3.22. The van der Waals surface area contributed by atoms with Crippen LogP contribution in [0.1, 0.15) is 46.5 Å². The summed E-state index contributed by atoms with van der Waals surface area (Å²) in [5.74, 6) is 0.299. The molecule has 0 saturated heterocycles. The largest absolute Gasteiger partial charge is 0.485 e. The Kier molecular flexibility index (Phi) is 6.82. The van der Waals surface area contributed by atoms with E-state index < -0.39 is 11.7 Å². The van der Waals surface area contributed by atoms with Gasteiger partial charge in [0.2, 0.25) is 0 Å². The van der Waals surface area contributed by atoms with Gasteiger partial charge >= 0.3 is 12.1 Å². The average molecular weight is 434 g/mol. The van der Waals surface area contributed by atoms with Crippen molar-refractivity contribution >= 4 is 17.3 Å². The van der Waals surface area contributed by atoms with Crippen molar-refractivity contribution < 1.29 is 27.4 Å². The molecule has 0 aliphatic rings. The van der Waals surface area contributed by atoms with E-state index in [4.69, 9.17) is 9.47 Å². The minimum Gasteiger partial charge on any atom is -0.485 e. The van der Waals surface area contributed by atoms with Gasteiger partial charge in [-0.25, -0.2) is 4.79 Å². The van der Waals surface area contributed by atoms with Gasteiger partial charge in [0, 0.05) is 4.88 Å². The van der Waals surface area contributed by atoms with Crippen molar-refractivity contribution in [2.75, 3.05) is 6.61 Å².